The Morgan fingerprint density at radius 2 is 1.09 bits per heavy atom. The number of aromatic nitrogens is 2. The molecule has 2 aromatic heterocycles. The monoisotopic (exact) mass is 877 g/mol. The van der Waals surface area contributed by atoms with Gasteiger partial charge in [0.2, 0.25) is 0 Å². The highest BCUT2D eigenvalue weighted by atomic mass is 16.5. The van der Waals surface area contributed by atoms with Crippen molar-refractivity contribution < 1.29 is 4.74 Å². The van der Waals surface area contributed by atoms with Crippen LogP contribution >= 0.6 is 0 Å². The fourth-order valence-electron chi connectivity index (χ4n) is 13.9. The van der Waals surface area contributed by atoms with Crippen molar-refractivity contribution in [2.24, 2.45) is 11.3 Å². The van der Waals surface area contributed by atoms with Crippen LogP contribution in [0.5, 0.6) is 11.5 Å². The van der Waals surface area contributed by atoms with E-state index in [1.165, 1.54) is 142 Å². The zero-order valence-corrected chi connectivity index (χ0v) is 39.8. The van der Waals surface area contributed by atoms with Crippen molar-refractivity contribution >= 4 is 107 Å². The summed E-state index contributed by atoms with van der Waals surface area (Å²) >= 11 is 0. The number of nitrogens with zero attached hydrogens (tertiary/aromatic N) is 3. The van der Waals surface area contributed by atoms with Crippen molar-refractivity contribution in [3.05, 3.63) is 163 Å². The fourth-order valence-corrected chi connectivity index (χ4v) is 13.9. The van der Waals surface area contributed by atoms with E-state index in [4.69, 9.17) is 4.74 Å². The van der Waals surface area contributed by atoms with Crippen LogP contribution in [-0.4, -0.2) is 22.6 Å². The summed E-state index contributed by atoms with van der Waals surface area (Å²) in [5, 5.41) is 5.17. The first-order valence-electron chi connectivity index (χ1n) is 25.1. The average molecular weight is 878 g/mol. The lowest BCUT2D eigenvalue weighted by molar-refractivity contribution is 0.169. The van der Waals surface area contributed by atoms with Gasteiger partial charge in [0.05, 0.1) is 22.1 Å². The van der Waals surface area contributed by atoms with Crippen LogP contribution in [0.4, 0.5) is 17.1 Å². The summed E-state index contributed by atoms with van der Waals surface area (Å²) in [6, 6.07) is 58.3. The summed E-state index contributed by atoms with van der Waals surface area (Å²) < 4.78 is 12.1. The molecule has 328 valence electrons. The Bertz CT molecular complexity index is 3840. The van der Waals surface area contributed by atoms with Crippen LogP contribution in [-0.2, 0) is 5.41 Å². The molecule has 15 rings (SSSR count). The highest BCUT2D eigenvalue weighted by molar-refractivity contribution is 7.01. The molecule has 0 amide bonds. The van der Waals surface area contributed by atoms with E-state index in [9.17, 15) is 0 Å². The van der Waals surface area contributed by atoms with E-state index < -0.39 is 0 Å². The minimum atomic E-state index is -0.00562. The molecule has 68 heavy (non-hydrogen) atoms. The third kappa shape index (κ3) is 5.13. The van der Waals surface area contributed by atoms with E-state index >= 15 is 0 Å². The smallest absolute Gasteiger partial charge is 0.256 e. The van der Waals surface area contributed by atoms with Gasteiger partial charge in [0.25, 0.3) is 13.4 Å². The maximum absolute atomic E-state index is 6.88. The van der Waals surface area contributed by atoms with E-state index in [1.807, 2.05) is 0 Å². The number of ether oxygens (including phenoxy) is 1. The highest BCUT2D eigenvalue weighted by Crippen LogP contribution is 2.47. The maximum atomic E-state index is 6.88. The summed E-state index contributed by atoms with van der Waals surface area (Å²) in [4.78, 5) is 2.51. The summed E-state index contributed by atoms with van der Waals surface area (Å²) in [6.07, 6.45) is 5.10. The van der Waals surface area contributed by atoms with Gasteiger partial charge in [-0.1, -0.05) is 126 Å². The number of fused-ring (bicyclic) bond motifs is 16. The molecule has 10 aromatic rings. The third-order valence-corrected chi connectivity index (χ3v) is 17.2. The second-order valence-corrected chi connectivity index (χ2v) is 22.8. The van der Waals surface area contributed by atoms with Gasteiger partial charge in [0.1, 0.15) is 11.5 Å². The van der Waals surface area contributed by atoms with Crippen molar-refractivity contribution in [1.82, 2.24) is 9.13 Å². The van der Waals surface area contributed by atoms with Gasteiger partial charge in [-0.3, -0.25) is 0 Å². The molecule has 6 heteroatoms. The number of benzene rings is 8. The Hall–Kier alpha value is -6.91. The molecule has 8 aromatic carbocycles. The predicted octanol–water partition coefficient (Wildman–Crippen LogP) is 12.0. The molecule has 0 bridgehead atoms. The molecule has 0 saturated heterocycles. The van der Waals surface area contributed by atoms with E-state index in [2.05, 4.69) is 207 Å². The molecule has 1 saturated carbocycles. The van der Waals surface area contributed by atoms with Crippen molar-refractivity contribution in [3.63, 3.8) is 0 Å². The summed E-state index contributed by atoms with van der Waals surface area (Å²) in [7, 11) is 0. The summed E-state index contributed by atoms with van der Waals surface area (Å²) in [5.41, 5.74) is 22.6. The lowest BCUT2D eigenvalue weighted by atomic mass is 9.33. The van der Waals surface area contributed by atoms with Gasteiger partial charge < -0.3 is 18.8 Å². The summed E-state index contributed by atoms with van der Waals surface area (Å²) in [5.74, 6) is 3.31. The molecule has 1 aliphatic carbocycles. The van der Waals surface area contributed by atoms with Crippen LogP contribution in [0.3, 0.4) is 0 Å². The van der Waals surface area contributed by atoms with E-state index in [0.29, 0.717) is 11.3 Å². The molecule has 6 heterocycles. The first-order chi connectivity index (χ1) is 33.0. The lowest BCUT2D eigenvalue weighted by Crippen LogP contribution is -2.60. The van der Waals surface area contributed by atoms with Gasteiger partial charge in [-0.2, -0.15) is 0 Å². The number of para-hydroxylation sites is 3. The van der Waals surface area contributed by atoms with Crippen LogP contribution in [0, 0.1) is 11.3 Å². The first kappa shape index (κ1) is 39.1. The highest BCUT2D eigenvalue weighted by Gasteiger charge is 2.44. The average Bonchev–Trinajstić information content (AvgIpc) is 3.86. The van der Waals surface area contributed by atoms with E-state index in [0.717, 1.165) is 17.4 Å². The number of rotatable bonds is 2. The van der Waals surface area contributed by atoms with Crippen LogP contribution in [0.15, 0.2) is 152 Å². The Labute approximate surface area is 399 Å². The van der Waals surface area contributed by atoms with Gasteiger partial charge in [0, 0.05) is 50.0 Å². The van der Waals surface area contributed by atoms with Gasteiger partial charge in [-0.25, -0.2) is 0 Å². The molecule has 1 fully saturated rings. The van der Waals surface area contributed by atoms with Crippen molar-refractivity contribution in [1.29, 1.82) is 0 Å². The van der Waals surface area contributed by atoms with Crippen LogP contribution in [0.2, 0.25) is 0 Å². The molecular formula is C62H53B2N3O. The standard InChI is InChI=1S/C62H53B2N3O/c1-61(2,3)38-23-20-36(21-24-38)37-22-28-50-47(32-37)64-46-17-11-13-19-55(46)68-56-31-27-42-44-34-43-41-26-30-52-57-59(41)66(53(43)35-54(44)67(50)60(42)58(56)64)51-29-25-39(62(4,5)6)33-48(51)63(57)45-16-10-12-18-49(45)65(52)40-14-8-7-9-15-40/h7-19,22,25-36,38H,20-21,23-24H2,1-6H3. The largest absolute Gasteiger partial charge is 0.458 e. The molecule has 4 aliphatic heterocycles. The maximum Gasteiger partial charge on any atom is 0.256 e. The molecule has 0 unspecified atom stereocenters. The summed E-state index contributed by atoms with van der Waals surface area (Å²) in [6.45, 7) is 14.5. The SMILES string of the molecule is CC(C)(C)c1ccc2c(c1)B1c3ccccc3N(c3ccccc3)c3ccc4c5cc6c7ccc8c9c7n(c6cc5n-2c4c31)-c1ccc(C2CCC(C(C)(C)C)CC2)cc1B9c1ccccc1O8. The zero-order chi connectivity index (χ0) is 45.5. The molecule has 0 N–H and O–H groups in total. The predicted molar refractivity (Wildman–Crippen MR) is 288 cm³/mol. The fraction of sp³-hybridized carbons (Fsp3) is 0.226. The molecular weight excluding hydrogens is 824 g/mol. The second kappa shape index (κ2) is 13.4. The Morgan fingerprint density at radius 1 is 0.471 bits per heavy atom. The minimum absolute atomic E-state index is 0.00562. The van der Waals surface area contributed by atoms with Gasteiger partial charge in [-0.05, 0) is 159 Å². The Kier molecular flexibility index (Phi) is 7.71. The lowest BCUT2D eigenvalue weighted by Gasteiger charge is -2.40. The van der Waals surface area contributed by atoms with Crippen LogP contribution in [0.25, 0.3) is 55.0 Å². The van der Waals surface area contributed by atoms with E-state index in [-0.39, 0.29) is 18.8 Å². The van der Waals surface area contributed by atoms with Crippen molar-refractivity contribution in [2.45, 2.75) is 78.6 Å². The van der Waals surface area contributed by atoms with Crippen molar-refractivity contribution in [2.75, 3.05) is 4.90 Å². The molecule has 5 aliphatic rings. The number of anilines is 3. The molecule has 0 radical (unpaired) electrons. The second-order valence-electron chi connectivity index (χ2n) is 22.8. The normalized spacial score (nSPS) is 17.6. The van der Waals surface area contributed by atoms with Gasteiger partial charge >= 0.3 is 0 Å². The zero-order valence-electron chi connectivity index (χ0n) is 39.8. The van der Waals surface area contributed by atoms with Crippen LogP contribution < -0.4 is 42.4 Å². The molecule has 4 nitrogen and oxygen atoms in total. The third-order valence-electron chi connectivity index (χ3n) is 17.2. The molecule has 0 spiro atoms. The van der Waals surface area contributed by atoms with Crippen LogP contribution in [0.1, 0.15) is 84.3 Å². The minimum Gasteiger partial charge on any atom is -0.458 e. The van der Waals surface area contributed by atoms with E-state index in [1.54, 1.807) is 0 Å². The van der Waals surface area contributed by atoms with Gasteiger partial charge in [0.15, 0.2) is 0 Å². The first-order valence-corrected chi connectivity index (χ1v) is 25.1. The quantitative estimate of drug-likeness (QED) is 0.161. The Morgan fingerprint density at radius 3 is 1.82 bits per heavy atom. The number of hydrogen-bond donors (Lipinski definition) is 0. The Balaban J connectivity index is 1.02. The number of hydrogen-bond acceptors (Lipinski definition) is 2. The van der Waals surface area contributed by atoms with Crippen molar-refractivity contribution in [3.8, 4) is 22.9 Å². The van der Waals surface area contributed by atoms with Gasteiger partial charge in [-0.15, -0.1) is 0 Å². The molecule has 0 atom stereocenters. The topological polar surface area (TPSA) is 22.3 Å².